The van der Waals surface area contributed by atoms with Crippen LogP contribution in [-0.4, -0.2) is 17.1 Å². The predicted molar refractivity (Wildman–Crippen MR) is 62.0 cm³/mol. The molecule has 1 rings (SSSR count). The molecule has 78 valence electrons. The highest BCUT2D eigenvalue weighted by molar-refractivity contribution is 6.29. The van der Waals surface area contributed by atoms with E-state index in [1.54, 1.807) is 6.20 Å². The van der Waals surface area contributed by atoms with E-state index in [9.17, 15) is 0 Å². The first-order valence-electron chi connectivity index (χ1n) is 4.92. The third-order valence-corrected chi connectivity index (χ3v) is 2.33. The van der Waals surface area contributed by atoms with Crippen molar-refractivity contribution < 1.29 is 0 Å². The van der Waals surface area contributed by atoms with Crippen LogP contribution in [0.25, 0.3) is 0 Å². The van der Waals surface area contributed by atoms with Crippen LogP contribution in [0.5, 0.6) is 0 Å². The Morgan fingerprint density at radius 1 is 1.21 bits per heavy atom. The SMILES string of the molecule is CC(C)N(c1ccnc(Cl)c1)C(C)C. The molecule has 2 nitrogen and oxygen atoms in total. The second-order valence-corrected chi connectivity index (χ2v) is 4.32. The Kier molecular flexibility index (Phi) is 3.76. The summed E-state index contributed by atoms with van der Waals surface area (Å²) in [6.07, 6.45) is 1.75. The molecule has 0 aromatic carbocycles. The minimum atomic E-state index is 0.466. The van der Waals surface area contributed by atoms with E-state index >= 15 is 0 Å². The Hall–Kier alpha value is -0.760. The molecule has 0 atom stereocenters. The monoisotopic (exact) mass is 212 g/mol. The average molecular weight is 213 g/mol. The van der Waals surface area contributed by atoms with Gasteiger partial charge in [-0.3, -0.25) is 0 Å². The van der Waals surface area contributed by atoms with Crippen molar-refractivity contribution in [2.24, 2.45) is 0 Å². The molecular weight excluding hydrogens is 196 g/mol. The van der Waals surface area contributed by atoms with Gasteiger partial charge in [0, 0.05) is 24.0 Å². The lowest BCUT2D eigenvalue weighted by Gasteiger charge is -2.33. The molecule has 0 unspecified atom stereocenters. The predicted octanol–water partition coefficient (Wildman–Crippen LogP) is 3.36. The van der Waals surface area contributed by atoms with E-state index in [0.717, 1.165) is 5.69 Å². The summed E-state index contributed by atoms with van der Waals surface area (Å²) in [5, 5.41) is 0.550. The van der Waals surface area contributed by atoms with Crippen molar-refractivity contribution in [2.75, 3.05) is 4.90 Å². The summed E-state index contributed by atoms with van der Waals surface area (Å²) in [5.41, 5.74) is 1.13. The van der Waals surface area contributed by atoms with Crippen molar-refractivity contribution in [1.82, 2.24) is 4.98 Å². The molecule has 1 aromatic rings. The summed E-state index contributed by atoms with van der Waals surface area (Å²) >= 11 is 5.86. The van der Waals surface area contributed by atoms with Crippen molar-refractivity contribution in [1.29, 1.82) is 0 Å². The van der Waals surface area contributed by atoms with Gasteiger partial charge in [0.2, 0.25) is 0 Å². The fourth-order valence-corrected chi connectivity index (χ4v) is 1.91. The topological polar surface area (TPSA) is 16.1 Å². The van der Waals surface area contributed by atoms with Gasteiger partial charge < -0.3 is 4.90 Å². The lowest BCUT2D eigenvalue weighted by atomic mass is 10.2. The zero-order valence-electron chi connectivity index (χ0n) is 9.16. The van der Waals surface area contributed by atoms with Gasteiger partial charge in [-0.2, -0.15) is 0 Å². The number of rotatable bonds is 3. The number of halogens is 1. The van der Waals surface area contributed by atoms with Gasteiger partial charge in [-0.15, -0.1) is 0 Å². The van der Waals surface area contributed by atoms with Crippen LogP contribution in [0.4, 0.5) is 5.69 Å². The maximum Gasteiger partial charge on any atom is 0.131 e. The average Bonchev–Trinajstić information content (AvgIpc) is 2.02. The van der Waals surface area contributed by atoms with E-state index in [0.29, 0.717) is 17.2 Å². The van der Waals surface area contributed by atoms with Crippen LogP contribution in [0.2, 0.25) is 5.15 Å². The smallest absolute Gasteiger partial charge is 0.131 e. The van der Waals surface area contributed by atoms with Gasteiger partial charge in [-0.05, 0) is 39.8 Å². The van der Waals surface area contributed by atoms with E-state index < -0.39 is 0 Å². The molecular formula is C11H17ClN2. The molecule has 0 bridgehead atoms. The van der Waals surface area contributed by atoms with Gasteiger partial charge in [0.15, 0.2) is 0 Å². The van der Waals surface area contributed by atoms with Gasteiger partial charge >= 0.3 is 0 Å². The standard InChI is InChI=1S/C11H17ClN2/c1-8(2)14(9(3)4)10-5-6-13-11(12)7-10/h5-9H,1-4H3. The number of hydrogen-bond acceptors (Lipinski definition) is 2. The lowest BCUT2D eigenvalue weighted by molar-refractivity contribution is 0.608. The van der Waals surface area contributed by atoms with Gasteiger partial charge in [0.1, 0.15) is 5.15 Å². The summed E-state index contributed by atoms with van der Waals surface area (Å²) in [4.78, 5) is 6.29. The van der Waals surface area contributed by atoms with Crippen molar-refractivity contribution in [3.63, 3.8) is 0 Å². The first kappa shape index (κ1) is 11.3. The van der Waals surface area contributed by atoms with Crippen LogP contribution in [0.3, 0.4) is 0 Å². The Morgan fingerprint density at radius 2 is 1.79 bits per heavy atom. The molecule has 1 aromatic heterocycles. The van der Waals surface area contributed by atoms with E-state index in [1.165, 1.54) is 0 Å². The van der Waals surface area contributed by atoms with Crippen LogP contribution in [0.1, 0.15) is 27.7 Å². The van der Waals surface area contributed by atoms with Crippen molar-refractivity contribution >= 4 is 17.3 Å². The minimum absolute atomic E-state index is 0.466. The highest BCUT2D eigenvalue weighted by atomic mass is 35.5. The van der Waals surface area contributed by atoms with Crippen LogP contribution in [0.15, 0.2) is 18.3 Å². The first-order valence-corrected chi connectivity index (χ1v) is 5.30. The second-order valence-electron chi connectivity index (χ2n) is 3.93. The highest BCUT2D eigenvalue weighted by Gasteiger charge is 2.14. The maximum absolute atomic E-state index is 5.86. The van der Waals surface area contributed by atoms with Gasteiger partial charge in [-0.25, -0.2) is 4.98 Å². The number of nitrogens with zero attached hydrogens (tertiary/aromatic N) is 2. The van der Waals surface area contributed by atoms with E-state index in [2.05, 4.69) is 37.6 Å². The maximum atomic E-state index is 5.86. The number of aromatic nitrogens is 1. The second kappa shape index (κ2) is 4.65. The van der Waals surface area contributed by atoms with Gasteiger partial charge in [0.05, 0.1) is 0 Å². The normalized spacial score (nSPS) is 11.1. The molecule has 0 saturated carbocycles. The fraction of sp³-hybridized carbons (Fsp3) is 0.545. The van der Waals surface area contributed by atoms with Crippen LogP contribution < -0.4 is 4.90 Å². The zero-order chi connectivity index (χ0) is 10.7. The quantitative estimate of drug-likeness (QED) is 0.715. The van der Waals surface area contributed by atoms with Crippen molar-refractivity contribution in [3.05, 3.63) is 23.5 Å². The third kappa shape index (κ3) is 2.61. The Balaban J connectivity index is 2.99. The summed E-state index contributed by atoms with van der Waals surface area (Å²) in [7, 11) is 0. The largest absolute Gasteiger partial charge is 0.367 e. The number of pyridine rings is 1. The minimum Gasteiger partial charge on any atom is -0.367 e. The first-order chi connectivity index (χ1) is 6.52. The molecule has 0 radical (unpaired) electrons. The zero-order valence-corrected chi connectivity index (χ0v) is 9.92. The highest BCUT2D eigenvalue weighted by Crippen LogP contribution is 2.21. The van der Waals surface area contributed by atoms with Gasteiger partial charge in [0.25, 0.3) is 0 Å². The molecule has 0 N–H and O–H groups in total. The molecule has 0 fully saturated rings. The van der Waals surface area contributed by atoms with Gasteiger partial charge in [-0.1, -0.05) is 11.6 Å². The Morgan fingerprint density at radius 3 is 2.21 bits per heavy atom. The summed E-state index contributed by atoms with van der Waals surface area (Å²) in [5.74, 6) is 0. The molecule has 3 heteroatoms. The lowest BCUT2D eigenvalue weighted by Crippen LogP contribution is -2.36. The van der Waals surface area contributed by atoms with Crippen LogP contribution in [0, 0.1) is 0 Å². The Labute approximate surface area is 90.9 Å². The fourth-order valence-electron chi connectivity index (χ4n) is 1.75. The van der Waals surface area contributed by atoms with Crippen molar-refractivity contribution in [2.45, 2.75) is 39.8 Å². The van der Waals surface area contributed by atoms with E-state index in [-0.39, 0.29) is 0 Å². The summed E-state index contributed by atoms with van der Waals surface area (Å²) < 4.78 is 0. The summed E-state index contributed by atoms with van der Waals surface area (Å²) in [6, 6.07) is 4.83. The number of hydrogen-bond donors (Lipinski definition) is 0. The number of anilines is 1. The van der Waals surface area contributed by atoms with Crippen molar-refractivity contribution in [3.8, 4) is 0 Å². The molecule has 0 amide bonds. The van der Waals surface area contributed by atoms with E-state index in [4.69, 9.17) is 11.6 Å². The molecule has 0 spiro atoms. The van der Waals surface area contributed by atoms with E-state index in [1.807, 2.05) is 12.1 Å². The molecule has 0 aliphatic rings. The molecule has 0 aliphatic heterocycles. The Bertz CT molecular complexity index is 289. The molecule has 0 aliphatic carbocycles. The molecule has 0 saturated heterocycles. The molecule has 1 heterocycles. The summed E-state index contributed by atoms with van der Waals surface area (Å²) in [6.45, 7) is 8.70. The van der Waals surface area contributed by atoms with Crippen LogP contribution in [-0.2, 0) is 0 Å². The molecule has 14 heavy (non-hydrogen) atoms. The third-order valence-electron chi connectivity index (χ3n) is 2.12. The van der Waals surface area contributed by atoms with Crippen LogP contribution >= 0.6 is 11.6 Å².